The first-order valence-electron chi connectivity index (χ1n) is 6.31. The SMILES string of the molecule is N#Cc1ccc(CNC(=O)COc2ccc(Cl)cc2)cc1. The Balaban J connectivity index is 1.76. The van der Waals surface area contributed by atoms with E-state index in [2.05, 4.69) is 5.32 Å². The molecule has 0 bridgehead atoms. The summed E-state index contributed by atoms with van der Waals surface area (Å²) in [6, 6.07) is 15.9. The summed E-state index contributed by atoms with van der Waals surface area (Å²) in [4.78, 5) is 11.7. The lowest BCUT2D eigenvalue weighted by atomic mass is 10.1. The standard InChI is InChI=1S/C16H13ClN2O2/c17-14-5-7-15(8-6-14)21-11-16(20)19-10-13-3-1-12(9-18)2-4-13/h1-8H,10-11H2,(H,19,20). The molecular formula is C16H13ClN2O2. The van der Waals surface area contributed by atoms with Crippen LogP contribution in [0.5, 0.6) is 5.75 Å². The molecule has 21 heavy (non-hydrogen) atoms. The van der Waals surface area contributed by atoms with Crippen LogP contribution in [-0.2, 0) is 11.3 Å². The second kappa shape index (κ2) is 7.32. The maximum Gasteiger partial charge on any atom is 0.258 e. The van der Waals surface area contributed by atoms with Gasteiger partial charge in [0.05, 0.1) is 11.6 Å². The molecular weight excluding hydrogens is 288 g/mol. The van der Waals surface area contributed by atoms with Gasteiger partial charge < -0.3 is 10.1 Å². The van der Waals surface area contributed by atoms with E-state index in [4.69, 9.17) is 21.6 Å². The zero-order valence-electron chi connectivity index (χ0n) is 11.2. The Morgan fingerprint density at radius 1 is 1.14 bits per heavy atom. The van der Waals surface area contributed by atoms with Crippen LogP contribution in [0.15, 0.2) is 48.5 Å². The van der Waals surface area contributed by atoms with E-state index >= 15 is 0 Å². The van der Waals surface area contributed by atoms with Crippen molar-refractivity contribution in [1.29, 1.82) is 5.26 Å². The Bertz CT molecular complexity index is 645. The quantitative estimate of drug-likeness (QED) is 0.923. The normalized spacial score (nSPS) is 9.71. The van der Waals surface area contributed by atoms with Gasteiger partial charge in [-0.25, -0.2) is 0 Å². The van der Waals surface area contributed by atoms with E-state index in [9.17, 15) is 4.79 Å². The number of ether oxygens (including phenoxy) is 1. The molecule has 0 unspecified atom stereocenters. The minimum atomic E-state index is -0.214. The summed E-state index contributed by atoms with van der Waals surface area (Å²) >= 11 is 5.76. The van der Waals surface area contributed by atoms with Gasteiger partial charge in [0, 0.05) is 11.6 Å². The number of nitrogens with one attached hydrogen (secondary N) is 1. The van der Waals surface area contributed by atoms with Crippen LogP contribution in [0.2, 0.25) is 5.02 Å². The first kappa shape index (κ1) is 14.9. The fraction of sp³-hybridized carbons (Fsp3) is 0.125. The molecule has 5 heteroatoms. The highest BCUT2D eigenvalue weighted by Crippen LogP contribution is 2.15. The van der Waals surface area contributed by atoms with Gasteiger partial charge in [0.15, 0.2) is 6.61 Å². The van der Waals surface area contributed by atoms with E-state index in [1.165, 1.54) is 0 Å². The van der Waals surface area contributed by atoms with Crippen molar-refractivity contribution in [3.05, 3.63) is 64.7 Å². The predicted octanol–water partition coefficient (Wildman–Crippen LogP) is 2.91. The fourth-order valence-electron chi connectivity index (χ4n) is 1.63. The number of halogens is 1. The first-order chi connectivity index (χ1) is 10.2. The summed E-state index contributed by atoms with van der Waals surface area (Å²) in [6.07, 6.45) is 0. The Morgan fingerprint density at radius 3 is 2.43 bits per heavy atom. The van der Waals surface area contributed by atoms with E-state index in [1.54, 1.807) is 48.5 Å². The van der Waals surface area contributed by atoms with Crippen LogP contribution >= 0.6 is 11.6 Å². The smallest absolute Gasteiger partial charge is 0.258 e. The topological polar surface area (TPSA) is 62.1 Å². The van der Waals surface area contributed by atoms with Crippen molar-refractivity contribution in [2.45, 2.75) is 6.54 Å². The summed E-state index contributed by atoms with van der Waals surface area (Å²) in [5, 5.41) is 12.1. The number of rotatable bonds is 5. The lowest BCUT2D eigenvalue weighted by Crippen LogP contribution is -2.28. The van der Waals surface area contributed by atoms with Gasteiger partial charge in [0.1, 0.15) is 5.75 Å². The van der Waals surface area contributed by atoms with Gasteiger partial charge in [-0.15, -0.1) is 0 Å². The number of amides is 1. The molecule has 0 saturated carbocycles. The minimum absolute atomic E-state index is 0.0576. The van der Waals surface area contributed by atoms with Crippen molar-refractivity contribution in [3.8, 4) is 11.8 Å². The Labute approximate surface area is 127 Å². The van der Waals surface area contributed by atoms with Crippen molar-refractivity contribution in [2.24, 2.45) is 0 Å². The van der Waals surface area contributed by atoms with Gasteiger partial charge in [-0.2, -0.15) is 5.26 Å². The molecule has 0 atom stereocenters. The summed E-state index contributed by atoms with van der Waals surface area (Å²) in [5.41, 5.74) is 1.52. The molecule has 0 aliphatic heterocycles. The highest BCUT2D eigenvalue weighted by molar-refractivity contribution is 6.30. The molecule has 0 spiro atoms. The van der Waals surface area contributed by atoms with Crippen LogP contribution in [0.4, 0.5) is 0 Å². The number of nitrogens with zero attached hydrogens (tertiary/aromatic N) is 1. The molecule has 4 nitrogen and oxygen atoms in total. The van der Waals surface area contributed by atoms with E-state index in [0.29, 0.717) is 22.9 Å². The lowest BCUT2D eigenvalue weighted by Gasteiger charge is -2.07. The average Bonchev–Trinajstić information content (AvgIpc) is 2.53. The van der Waals surface area contributed by atoms with Crippen molar-refractivity contribution < 1.29 is 9.53 Å². The molecule has 0 aliphatic carbocycles. The maximum absolute atomic E-state index is 11.7. The third-order valence-electron chi connectivity index (χ3n) is 2.76. The minimum Gasteiger partial charge on any atom is -0.484 e. The highest BCUT2D eigenvalue weighted by Gasteiger charge is 2.03. The average molecular weight is 301 g/mol. The summed E-state index contributed by atoms with van der Waals surface area (Å²) in [7, 11) is 0. The third-order valence-corrected chi connectivity index (χ3v) is 3.01. The van der Waals surface area contributed by atoms with E-state index in [-0.39, 0.29) is 12.5 Å². The van der Waals surface area contributed by atoms with E-state index < -0.39 is 0 Å². The van der Waals surface area contributed by atoms with Crippen molar-refractivity contribution in [3.63, 3.8) is 0 Å². The first-order valence-corrected chi connectivity index (χ1v) is 6.69. The molecule has 1 N–H and O–H groups in total. The van der Waals surface area contributed by atoms with E-state index in [1.807, 2.05) is 6.07 Å². The van der Waals surface area contributed by atoms with E-state index in [0.717, 1.165) is 5.56 Å². The van der Waals surface area contributed by atoms with Crippen molar-refractivity contribution in [2.75, 3.05) is 6.61 Å². The number of carbonyl (C=O) groups is 1. The van der Waals surface area contributed by atoms with Crippen molar-refractivity contribution >= 4 is 17.5 Å². The number of hydrogen-bond acceptors (Lipinski definition) is 3. The monoisotopic (exact) mass is 300 g/mol. The van der Waals surface area contributed by atoms with Gasteiger partial charge in [-0.05, 0) is 42.0 Å². The largest absolute Gasteiger partial charge is 0.484 e. The summed E-state index contributed by atoms with van der Waals surface area (Å²) in [6.45, 7) is 0.340. The Kier molecular flexibility index (Phi) is 5.19. The molecule has 0 heterocycles. The zero-order valence-corrected chi connectivity index (χ0v) is 11.9. The molecule has 2 rings (SSSR count). The van der Waals surface area contributed by atoms with Crippen LogP contribution in [0.25, 0.3) is 0 Å². The molecule has 1 amide bonds. The lowest BCUT2D eigenvalue weighted by molar-refractivity contribution is -0.123. The van der Waals surface area contributed by atoms with Crippen LogP contribution in [-0.4, -0.2) is 12.5 Å². The Hall–Kier alpha value is -2.51. The second-order valence-corrected chi connectivity index (χ2v) is 4.76. The van der Waals surface area contributed by atoms with Crippen LogP contribution < -0.4 is 10.1 Å². The van der Waals surface area contributed by atoms with Crippen LogP contribution in [0, 0.1) is 11.3 Å². The molecule has 2 aromatic rings. The number of nitriles is 1. The molecule has 0 saturated heterocycles. The molecule has 0 aromatic heterocycles. The van der Waals surface area contributed by atoms with Gasteiger partial charge in [-0.3, -0.25) is 4.79 Å². The summed E-state index contributed by atoms with van der Waals surface area (Å²) in [5.74, 6) is 0.377. The summed E-state index contributed by atoms with van der Waals surface area (Å²) < 4.78 is 5.33. The molecule has 2 aromatic carbocycles. The van der Waals surface area contributed by atoms with Gasteiger partial charge in [0.25, 0.3) is 5.91 Å². The van der Waals surface area contributed by atoms with Crippen LogP contribution in [0.1, 0.15) is 11.1 Å². The zero-order chi connectivity index (χ0) is 15.1. The molecule has 0 radical (unpaired) electrons. The predicted molar refractivity (Wildman–Crippen MR) is 80.0 cm³/mol. The van der Waals surface area contributed by atoms with Gasteiger partial charge in [-0.1, -0.05) is 23.7 Å². The molecule has 106 valence electrons. The van der Waals surface area contributed by atoms with Crippen molar-refractivity contribution in [1.82, 2.24) is 5.32 Å². The number of carbonyl (C=O) groups excluding carboxylic acids is 1. The highest BCUT2D eigenvalue weighted by atomic mass is 35.5. The second-order valence-electron chi connectivity index (χ2n) is 4.33. The van der Waals surface area contributed by atoms with Crippen LogP contribution in [0.3, 0.4) is 0 Å². The molecule has 0 aliphatic rings. The Morgan fingerprint density at radius 2 is 1.81 bits per heavy atom. The maximum atomic E-state index is 11.7. The van der Waals surface area contributed by atoms with Gasteiger partial charge in [0.2, 0.25) is 0 Å². The fourth-order valence-corrected chi connectivity index (χ4v) is 1.75. The molecule has 0 fully saturated rings. The van der Waals surface area contributed by atoms with Gasteiger partial charge >= 0.3 is 0 Å². The number of benzene rings is 2. The number of hydrogen-bond donors (Lipinski definition) is 1. The third kappa shape index (κ3) is 4.83.